The highest BCUT2D eigenvalue weighted by molar-refractivity contribution is 5.85. The number of hydrogen-bond acceptors (Lipinski definition) is 2. The van der Waals surface area contributed by atoms with Crippen molar-refractivity contribution in [3.8, 4) is 11.3 Å². The third-order valence-electron chi connectivity index (χ3n) is 4.48. The summed E-state index contributed by atoms with van der Waals surface area (Å²) in [7, 11) is 0. The summed E-state index contributed by atoms with van der Waals surface area (Å²) < 4.78 is 0. The van der Waals surface area contributed by atoms with Gasteiger partial charge in [-0.25, -0.2) is 4.98 Å². The van der Waals surface area contributed by atoms with E-state index in [4.69, 9.17) is 4.98 Å². The van der Waals surface area contributed by atoms with Crippen LogP contribution in [0.1, 0.15) is 25.3 Å². The van der Waals surface area contributed by atoms with Crippen LogP contribution in [0.15, 0.2) is 60.7 Å². The molecule has 1 atom stereocenters. The van der Waals surface area contributed by atoms with Crippen molar-refractivity contribution >= 4 is 16.9 Å². The highest BCUT2D eigenvalue weighted by atomic mass is 16.4. The number of aromatic nitrogens is 1. The van der Waals surface area contributed by atoms with Crippen molar-refractivity contribution in [2.24, 2.45) is 5.92 Å². The zero-order valence-electron chi connectivity index (χ0n) is 13.8. The molecule has 0 radical (unpaired) electrons. The van der Waals surface area contributed by atoms with E-state index in [9.17, 15) is 9.90 Å². The number of benzene rings is 2. The van der Waals surface area contributed by atoms with Gasteiger partial charge in [0.25, 0.3) is 0 Å². The molecule has 3 rings (SSSR count). The van der Waals surface area contributed by atoms with Crippen molar-refractivity contribution in [1.29, 1.82) is 0 Å². The first-order valence-corrected chi connectivity index (χ1v) is 8.36. The molecular formula is C21H21NO2. The second kappa shape index (κ2) is 7.26. The largest absolute Gasteiger partial charge is 0.481 e. The van der Waals surface area contributed by atoms with E-state index in [1.54, 1.807) is 0 Å². The van der Waals surface area contributed by atoms with Crippen molar-refractivity contribution < 1.29 is 9.90 Å². The lowest BCUT2D eigenvalue weighted by molar-refractivity contribution is -0.142. The predicted octanol–water partition coefficient (Wildman–Crippen LogP) is 4.95. The first-order chi connectivity index (χ1) is 11.7. The summed E-state index contributed by atoms with van der Waals surface area (Å²) >= 11 is 0. The van der Waals surface area contributed by atoms with Crippen LogP contribution in [0.4, 0.5) is 0 Å². The number of aliphatic carboxylic acids is 1. The SMILES string of the molecule is CCC(CCc1cc(-c2ccccc2)nc2ccccc12)C(=O)O. The fraction of sp³-hybridized carbons (Fsp3) is 0.238. The van der Waals surface area contributed by atoms with Gasteiger partial charge in [0.1, 0.15) is 0 Å². The molecule has 2 aromatic carbocycles. The molecular weight excluding hydrogens is 298 g/mol. The van der Waals surface area contributed by atoms with Crippen LogP contribution in [0.2, 0.25) is 0 Å². The smallest absolute Gasteiger partial charge is 0.306 e. The number of fused-ring (bicyclic) bond motifs is 1. The van der Waals surface area contributed by atoms with Crippen LogP contribution >= 0.6 is 0 Å². The maximum absolute atomic E-state index is 11.3. The zero-order chi connectivity index (χ0) is 16.9. The van der Waals surface area contributed by atoms with Crippen LogP contribution in [-0.2, 0) is 11.2 Å². The molecule has 0 aliphatic rings. The van der Waals surface area contributed by atoms with E-state index in [-0.39, 0.29) is 5.92 Å². The van der Waals surface area contributed by atoms with Gasteiger partial charge in [0.2, 0.25) is 0 Å². The first-order valence-electron chi connectivity index (χ1n) is 8.36. The van der Waals surface area contributed by atoms with Crippen molar-refractivity contribution in [3.63, 3.8) is 0 Å². The minimum Gasteiger partial charge on any atom is -0.481 e. The molecule has 1 heterocycles. The fourth-order valence-electron chi connectivity index (χ4n) is 3.04. The Hall–Kier alpha value is -2.68. The van der Waals surface area contributed by atoms with Crippen LogP contribution in [0.5, 0.6) is 0 Å². The van der Waals surface area contributed by atoms with E-state index < -0.39 is 5.97 Å². The van der Waals surface area contributed by atoms with Gasteiger partial charge in [-0.05, 0) is 37.0 Å². The van der Waals surface area contributed by atoms with Gasteiger partial charge < -0.3 is 5.11 Å². The minimum atomic E-state index is -0.709. The van der Waals surface area contributed by atoms with Crippen molar-refractivity contribution in [3.05, 3.63) is 66.2 Å². The number of pyridine rings is 1. The Morgan fingerprint density at radius 2 is 1.79 bits per heavy atom. The molecule has 0 aliphatic heterocycles. The summed E-state index contributed by atoms with van der Waals surface area (Å²) in [5, 5.41) is 10.4. The third kappa shape index (κ3) is 3.46. The summed E-state index contributed by atoms with van der Waals surface area (Å²) in [6.07, 6.45) is 2.05. The fourth-order valence-corrected chi connectivity index (χ4v) is 3.04. The second-order valence-electron chi connectivity index (χ2n) is 6.03. The number of carbonyl (C=O) groups is 1. The van der Waals surface area contributed by atoms with Gasteiger partial charge in [0.15, 0.2) is 0 Å². The zero-order valence-corrected chi connectivity index (χ0v) is 13.8. The summed E-state index contributed by atoms with van der Waals surface area (Å²) in [4.78, 5) is 16.1. The highest BCUT2D eigenvalue weighted by Gasteiger charge is 2.16. The van der Waals surface area contributed by atoms with Crippen molar-refractivity contribution in [1.82, 2.24) is 4.98 Å². The Balaban J connectivity index is 2.00. The van der Waals surface area contributed by atoms with Gasteiger partial charge in [-0.15, -0.1) is 0 Å². The molecule has 0 aliphatic carbocycles. The standard InChI is InChI=1S/C21H21NO2/c1-2-15(21(23)24)12-13-17-14-20(16-8-4-3-5-9-16)22-19-11-7-6-10-18(17)19/h3-11,14-15H,2,12-13H2,1H3,(H,23,24). The molecule has 3 aromatic rings. The van der Waals surface area contributed by atoms with Crippen molar-refractivity contribution in [2.75, 3.05) is 0 Å². The molecule has 1 aromatic heterocycles. The minimum absolute atomic E-state index is 0.294. The maximum atomic E-state index is 11.3. The second-order valence-corrected chi connectivity index (χ2v) is 6.03. The predicted molar refractivity (Wildman–Crippen MR) is 96.9 cm³/mol. The van der Waals surface area contributed by atoms with Gasteiger partial charge in [-0.3, -0.25) is 4.79 Å². The highest BCUT2D eigenvalue weighted by Crippen LogP contribution is 2.26. The molecule has 3 heteroatoms. The molecule has 0 fully saturated rings. The van der Waals surface area contributed by atoms with E-state index in [1.807, 2.05) is 55.5 Å². The quantitative estimate of drug-likeness (QED) is 0.699. The normalized spacial score (nSPS) is 12.2. The molecule has 3 nitrogen and oxygen atoms in total. The molecule has 1 unspecified atom stereocenters. The lowest BCUT2D eigenvalue weighted by Gasteiger charge is -2.13. The molecule has 24 heavy (non-hydrogen) atoms. The van der Waals surface area contributed by atoms with Gasteiger partial charge in [0.05, 0.1) is 17.1 Å². The number of nitrogens with zero attached hydrogens (tertiary/aromatic N) is 1. The average Bonchev–Trinajstić information content (AvgIpc) is 2.62. The molecule has 0 amide bonds. The topological polar surface area (TPSA) is 50.2 Å². The lowest BCUT2D eigenvalue weighted by atomic mass is 9.94. The lowest BCUT2D eigenvalue weighted by Crippen LogP contribution is -2.13. The first kappa shape index (κ1) is 16.2. The Morgan fingerprint density at radius 1 is 1.08 bits per heavy atom. The number of carboxylic acid groups (broad SMARTS) is 1. The Morgan fingerprint density at radius 3 is 2.50 bits per heavy atom. The number of para-hydroxylation sites is 1. The maximum Gasteiger partial charge on any atom is 0.306 e. The molecule has 1 N–H and O–H groups in total. The summed E-state index contributed by atoms with van der Waals surface area (Å²) in [6, 6.07) is 20.3. The monoisotopic (exact) mass is 319 g/mol. The Bertz CT molecular complexity index is 843. The van der Waals surface area contributed by atoms with E-state index in [0.717, 1.165) is 28.6 Å². The average molecular weight is 319 g/mol. The molecule has 122 valence electrons. The number of carboxylic acids is 1. The number of rotatable bonds is 6. The van der Waals surface area contributed by atoms with E-state index in [2.05, 4.69) is 12.1 Å². The summed E-state index contributed by atoms with van der Waals surface area (Å²) in [5.74, 6) is -1.00. The van der Waals surface area contributed by atoms with Crippen LogP contribution in [0.25, 0.3) is 22.2 Å². The van der Waals surface area contributed by atoms with E-state index >= 15 is 0 Å². The molecule has 0 spiro atoms. The van der Waals surface area contributed by atoms with Gasteiger partial charge in [0, 0.05) is 10.9 Å². The van der Waals surface area contributed by atoms with Crippen LogP contribution in [0, 0.1) is 5.92 Å². The van der Waals surface area contributed by atoms with E-state index in [0.29, 0.717) is 12.8 Å². The van der Waals surface area contributed by atoms with E-state index in [1.165, 1.54) is 5.56 Å². The van der Waals surface area contributed by atoms with Gasteiger partial charge in [-0.1, -0.05) is 55.5 Å². The summed E-state index contributed by atoms with van der Waals surface area (Å²) in [6.45, 7) is 1.93. The summed E-state index contributed by atoms with van der Waals surface area (Å²) in [5.41, 5.74) is 4.14. The van der Waals surface area contributed by atoms with Crippen LogP contribution < -0.4 is 0 Å². The number of aryl methyl sites for hydroxylation is 1. The van der Waals surface area contributed by atoms with Crippen LogP contribution in [0.3, 0.4) is 0 Å². The Labute approximate surface area is 142 Å². The molecule has 0 saturated carbocycles. The van der Waals surface area contributed by atoms with Gasteiger partial charge in [-0.2, -0.15) is 0 Å². The molecule has 0 bridgehead atoms. The third-order valence-corrected chi connectivity index (χ3v) is 4.48. The molecule has 0 saturated heterocycles. The van der Waals surface area contributed by atoms with Gasteiger partial charge >= 0.3 is 5.97 Å². The van der Waals surface area contributed by atoms with Crippen LogP contribution in [-0.4, -0.2) is 16.1 Å². The number of hydrogen-bond donors (Lipinski definition) is 1. The Kier molecular flexibility index (Phi) is 4.90. The van der Waals surface area contributed by atoms with Crippen molar-refractivity contribution in [2.45, 2.75) is 26.2 Å².